The molecule has 2 aliphatic rings. The van der Waals surface area contributed by atoms with Crippen molar-refractivity contribution in [2.24, 2.45) is 7.05 Å². The van der Waals surface area contributed by atoms with Crippen LogP contribution in [0.5, 0.6) is 0 Å². The second kappa shape index (κ2) is 6.15. The zero-order chi connectivity index (χ0) is 17.6. The summed E-state index contributed by atoms with van der Waals surface area (Å²) in [6.45, 7) is 5.03. The smallest absolute Gasteiger partial charge is 0.235 e. The van der Waals surface area contributed by atoms with Gasteiger partial charge >= 0.3 is 0 Å². The number of rotatable bonds is 2. The normalized spacial score (nSPS) is 24.6. The first-order valence-electron chi connectivity index (χ1n) is 8.82. The van der Waals surface area contributed by atoms with E-state index in [4.69, 9.17) is 0 Å². The van der Waals surface area contributed by atoms with Crippen LogP contribution in [0.15, 0.2) is 18.2 Å². The van der Waals surface area contributed by atoms with Crippen molar-refractivity contribution in [1.82, 2.24) is 20.4 Å². The highest BCUT2D eigenvalue weighted by molar-refractivity contribution is 6.03. The molecule has 0 radical (unpaired) electrons. The SMILES string of the molecule is C[C@@H]1CN(c2cccc3c(C4CCC(=O)NC4=O)nn(C)c23)CCN1. The Morgan fingerprint density at radius 1 is 1.28 bits per heavy atom. The van der Waals surface area contributed by atoms with E-state index in [1.54, 1.807) is 0 Å². The molecule has 0 saturated carbocycles. The second-order valence-electron chi connectivity index (χ2n) is 6.99. The first kappa shape index (κ1) is 16.1. The molecule has 7 nitrogen and oxygen atoms in total. The van der Waals surface area contributed by atoms with Gasteiger partial charge in [0.1, 0.15) is 0 Å². The number of fused-ring (bicyclic) bond motifs is 1. The summed E-state index contributed by atoms with van der Waals surface area (Å²) in [6.07, 6.45) is 0.884. The van der Waals surface area contributed by atoms with Crippen LogP contribution in [0, 0.1) is 0 Å². The second-order valence-corrected chi connectivity index (χ2v) is 6.99. The Morgan fingerprint density at radius 3 is 2.88 bits per heavy atom. The molecule has 1 aromatic carbocycles. The third kappa shape index (κ3) is 2.78. The molecule has 4 rings (SSSR count). The largest absolute Gasteiger partial charge is 0.367 e. The van der Waals surface area contributed by atoms with Gasteiger partial charge in [-0.1, -0.05) is 12.1 Å². The topological polar surface area (TPSA) is 79.3 Å². The Hall–Kier alpha value is -2.41. The maximum Gasteiger partial charge on any atom is 0.235 e. The minimum atomic E-state index is -0.362. The lowest BCUT2D eigenvalue weighted by molar-refractivity contribution is -0.134. The van der Waals surface area contributed by atoms with E-state index in [0.717, 1.165) is 41.9 Å². The quantitative estimate of drug-likeness (QED) is 0.793. The number of carbonyl (C=O) groups is 2. The molecule has 2 fully saturated rings. The van der Waals surface area contributed by atoms with E-state index >= 15 is 0 Å². The zero-order valence-corrected chi connectivity index (χ0v) is 14.6. The van der Waals surface area contributed by atoms with Gasteiger partial charge in [-0.15, -0.1) is 0 Å². The molecule has 0 spiro atoms. The van der Waals surface area contributed by atoms with Crippen LogP contribution < -0.4 is 15.5 Å². The molecule has 2 N–H and O–H groups in total. The van der Waals surface area contributed by atoms with E-state index in [0.29, 0.717) is 18.9 Å². The minimum Gasteiger partial charge on any atom is -0.367 e. The molecule has 2 amide bonds. The van der Waals surface area contributed by atoms with E-state index in [-0.39, 0.29) is 17.7 Å². The number of imide groups is 1. The lowest BCUT2D eigenvalue weighted by atomic mass is 9.92. The number of amides is 2. The highest BCUT2D eigenvalue weighted by atomic mass is 16.2. The fourth-order valence-electron chi connectivity index (χ4n) is 3.96. The number of piperidine rings is 1. The van der Waals surface area contributed by atoms with Crippen molar-refractivity contribution in [2.75, 3.05) is 24.5 Å². The molecule has 2 aromatic rings. The van der Waals surface area contributed by atoms with Gasteiger partial charge in [-0.05, 0) is 19.4 Å². The number of hydrogen-bond acceptors (Lipinski definition) is 5. The number of aryl methyl sites for hydroxylation is 1. The standard InChI is InChI=1S/C18H23N5O2/c1-11-10-23(9-8-19-11)14-5-3-4-12-16(21-22(2)17(12)14)13-6-7-15(24)20-18(13)25/h3-5,11,13,19H,6-10H2,1-2H3,(H,20,24,25)/t11-,13?/m1/s1. The lowest BCUT2D eigenvalue weighted by Crippen LogP contribution is -2.49. The molecule has 0 bridgehead atoms. The molecule has 2 atom stereocenters. The van der Waals surface area contributed by atoms with Gasteiger partial charge in [-0.3, -0.25) is 19.6 Å². The number of nitrogens with zero attached hydrogens (tertiary/aromatic N) is 3. The van der Waals surface area contributed by atoms with Crippen LogP contribution in [0.3, 0.4) is 0 Å². The van der Waals surface area contributed by atoms with Crippen molar-refractivity contribution in [3.05, 3.63) is 23.9 Å². The third-order valence-corrected chi connectivity index (χ3v) is 5.15. The van der Waals surface area contributed by atoms with Crippen LogP contribution >= 0.6 is 0 Å². The van der Waals surface area contributed by atoms with Crippen molar-refractivity contribution in [2.45, 2.75) is 31.7 Å². The predicted octanol–water partition coefficient (Wildman–Crippen LogP) is 0.892. The first-order chi connectivity index (χ1) is 12.0. The maximum absolute atomic E-state index is 12.3. The third-order valence-electron chi connectivity index (χ3n) is 5.15. The summed E-state index contributed by atoms with van der Waals surface area (Å²) in [4.78, 5) is 26.1. The summed E-state index contributed by atoms with van der Waals surface area (Å²) in [5, 5.41) is 11.6. The van der Waals surface area contributed by atoms with Crippen LogP contribution in [-0.4, -0.2) is 47.3 Å². The summed E-state index contributed by atoms with van der Waals surface area (Å²) in [6, 6.07) is 6.61. The molecule has 132 valence electrons. The zero-order valence-electron chi connectivity index (χ0n) is 14.6. The van der Waals surface area contributed by atoms with E-state index in [2.05, 4.69) is 33.6 Å². The van der Waals surface area contributed by atoms with Gasteiger partial charge in [-0.2, -0.15) is 5.10 Å². The van der Waals surface area contributed by atoms with Crippen molar-refractivity contribution in [3.63, 3.8) is 0 Å². The van der Waals surface area contributed by atoms with Gasteiger partial charge in [0.25, 0.3) is 0 Å². The Morgan fingerprint density at radius 2 is 2.12 bits per heavy atom. The molecule has 1 aromatic heterocycles. The van der Waals surface area contributed by atoms with Crippen LogP contribution in [0.1, 0.15) is 31.4 Å². The Balaban J connectivity index is 1.77. The molecular formula is C18H23N5O2. The summed E-state index contributed by atoms with van der Waals surface area (Å²) >= 11 is 0. The predicted molar refractivity (Wildman–Crippen MR) is 95.5 cm³/mol. The summed E-state index contributed by atoms with van der Waals surface area (Å²) in [5.74, 6) is -0.798. The summed E-state index contributed by atoms with van der Waals surface area (Å²) < 4.78 is 1.87. The minimum absolute atomic E-state index is 0.197. The van der Waals surface area contributed by atoms with Gasteiger partial charge in [-0.25, -0.2) is 0 Å². The van der Waals surface area contributed by atoms with E-state index < -0.39 is 0 Å². The molecule has 1 unspecified atom stereocenters. The lowest BCUT2D eigenvalue weighted by Gasteiger charge is -2.34. The van der Waals surface area contributed by atoms with Crippen molar-refractivity contribution in [3.8, 4) is 0 Å². The number of hydrogen-bond donors (Lipinski definition) is 2. The van der Waals surface area contributed by atoms with Crippen molar-refractivity contribution >= 4 is 28.4 Å². The number of carbonyl (C=O) groups excluding carboxylic acids is 2. The average Bonchev–Trinajstić information content (AvgIpc) is 2.92. The molecule has 2 aliphatic heterocycles. The van der Waals surface area contributed by atoms with Gasteiger partial charge in [0.2, 0.25) is 11.8 Å². The highest BCUT2D eigenvalue weighted by Crippen LogP contribution is 2.34. The number of piperazine rings is 1. The first-order valence-corrected chi connectivity index (χ1v) is 8.82. The number of para-hydroxylation sites is 1. The molecule has 25 heavy (non-hydrogen) atoms. The number of anilines is 1. The number of nitrogens with one attached hydrogen (secondary N) is 2. The van der Waals surface area contributed by atoms with Gasteiger partial charge in [0.15, 0.2) is 0 Å². The van der Waals surface area contributed by atoms with Crippen molar-refractivity contribution < 1.29 is 9.59 Å². The molecule has 0 aliphatic carbocycles. The molecule has 3 heterocycles. The van der Waals surface area contributed by atoms with Crippen LogP contribution in [0.4, 0.5) is 5.69 Å². The fraction of sp³-hybridized carbons (Fsp3) is 0.500. The number of aromatic nitrogens is 2. The van der Waals surface area contributed by atoms with Gasteiger partial charge in [0.05, 0.1) is 22.8 Å². The number of benzene rings is 1. The Bertz CT molecular complexity index is 843. The van der Waals surface area contributed by atoms with E-state index in [1.165, 1.54) is 0 Å². The summed E-state index contributed by atoms with van der Waals surface area (Å²) in [5.41, 5.74) is 2.98. The van der Waals surface area contributed by atoms with Crippen LogP contribution in [0.2, 0.25) is 0 Å². The van der Waals surface area contributed by atoms with Crippen molar-refractivity contribution in [1.29, 1.82) is 0 Å². The average molecular weight is 341 g/mol. The van der Waals surface area contributed by atoms with E-state index in [1.807, 2.05) is 23.9 Å². The van der Waals surface area contributed by atoms with Crippen LogP contribution in [-0.2, 0) is 16.6 Å². The Kier molecular flexibility index (Phi) is 3.95. The van der Waals surface area contributed by atoms with E-state index in [9.17, 15) is 9.59 Å². The van der Waals surface area contributed by atoms with Gasteiger partial charge < -0.3 is 10.2 Å². The maximum atomic E-state index is 12.3. The highest BCUT2D eigenvalue weighted by Gasteiger charge is 2.32. The van der Waals surface area contributed by atoms with Gasteiger partial charge in [0, 0.05) is 44.5 Å². The fourth-order valence-corrected chi connectivity index (χ4v) is 3.96. The Labute approximate surface area is 146 Å². The molecular weight excluding hydrogens is 318 g/mol. The molecule has 7 heteroatoms. The monoisotopic (exact) mass is 341 g/mol. The summed E-state index contributed by atoms with van der Waals surface area (Å²) in [7, 11) is 1.92. The molecule has 2 saturated heterocycles. The van der Waals surface area contributed by atoms with Crippen LogP contribution in [0.25, 0.3) is 10.9 Å².